The van der Waals surface area contributed by atoms with Gasteiger partial charge in [-0.1, -0.05) is 81.0 Å². The minimum absolute atomic E-state index is 0.0277. The first kappa shape index (κ1) is 19.9. The van der Waals surface area contributed by atoms with Crippen molar-refractivity contribution in [3.8, 4) is 0 Å². The van der Waals surface area contributed by atoms with Gasteiger partial charge in [0.05, 0.1) is 5.41 Å². The predicted octanol–water partition coefficient (Wildman–Crippen LogP) is 7.05. The molecule has 2 aromatic rings. The number of nitrogens with zero attached hydrogens (tertiary/aromatic N) is 1. The highest BCUT2D eigenvalue weighted by atomic mass is 15.0. The summed E-state index contributed by atoms with van der Waals surface area (Å²) in [4.78, 5) is 0. The lowest BCUT2D eigenvalue weighted by molar-refractivity contribution is -0.433. The van der Waals surface area contributed by atoms with Gasteiger partial charge in [0.1, 0.15) is 6.54 Å². The molecule has 0 spiro atoms. The van der Waals surface area contributed by atoms with Crippen LogP contribution >= 0.6 is 0 Å². The zero-order valence-corrected chi connectivity index (χ0v) is 18.8. The van der Waals surface area contributed by atoms with Gasteiger partial charge in [0.15, 0.2) is 5.71 Å². The number of hydrogen-bond acceptors (Lipinski definition) is 0. The average molecular weight is 385 g/mol. The Labute approximate surface area is 176 Å². The van der Waals surface area contributed by atoms with Gasteiger partial charge in [0.2, 0.25) is 5.69 Å². The average Bonchev–Trinajstić information content (AvgIpc) is 3.07. The lowest BCUT2D eigenvalue weighted by Gasteiger charge is -2.23. The van der Waals surface area contributed by atoms with Crippen molar-refractivity contribution in [2.75, 3.05) is 6.54 Å². The van der Waals surface area contributed by atoms with Crippen LogP contribution in [-0.2, 0) is 10.8 Å². The molecule has 0 N–H and O–H groups in total. The third-order valence-electron chi connectivity index (χ3n) is 7.16. The van der Waals surface area contributed by atoms with Gasteiger partial charge in [-0.3, -0.25) is 0 Å². The molecule has 29 heavy (non-hydrogen) atoms. The Bertz CT molecular complexity index is 1030. The van der Waals surface area contributed by atoms with E-state index in [2.05, 4.69) is 113 Å². The topological polar surface area (TPSA) is 3.01 Å². The minimum Gasteiger partial charge on any atom is -0.195 e. The molecule has 1 heterocycles. The smallest absolute Gasteiger partial charge is 0.195 e. The van der Waals surface area contributed by atoms with Crippen LogP contribution in [-0.4, -0.2) is 16.8 Å². The van der Waals surface area contributed by atoms with Crippen molar-refractivity contribution in [1.29, 1.82) is 0 Å². The standard InChI is InChI=1S/C28H34N/c1-7-20-21-14-9-10-15-23(21)27(3,4)22(20)17-13-19-26-28(5,6)24-16-11-12-18-25(24)29(26)8-2/h9-20H,7-8H2,1-6H3/q+1. The van der Waals surface area contributed by atoms with Crippen molar-refractivity contribution in [2.24, 2.45) is 0 Å². The van der Waals surface area contributed by atoms with Crippen LogP contribution < -0.4 is 0 Å². The fourth-order valence-corrected chi connectivity index (χ4v) is 5.62. The van der Waals surface area contributed by atoms with Gasteiger partial charge < -0.3 is 0 Å². The Morgan fingerprint density at radius 1 is 0.862 bits per heavy atom. The van der Waals surface area contributed by atoms with Crippen molar-refractivity contribution < 1.29 is 4.58 Å². The van der Waals surface area contributed by atoms with E-state index < -0.39 is 0 Å². The molecule has 0 amide bonds. The second-order valence-corrected chi connectivity index (χ2v) is 9.43. The maximum Gasteiger partial charge on any atom is 0.209 e. The van der Waals surface area contributed by atoms with Crippen LogP contribution in [0.5, 0.6) is 0 Å². The van der Waals surface area contributed by atoms with E-state index in [4.69, 9.17) is 0 Å². The van der Waals surface area contributed by atoms with Crippen LogP contribution in [0.3, 0.4) is 0 Å². The van der Waals surface area contributed by atoms with Crippen molar-refractivity contribution >= 4 is 11.4 Å². The zero-order valence-electron chi connectivity index (χ0n) is 18.8. The molecule has 1 unspecified atom stereocenters. The number of fused-ring (bicyclic) bond motifs is 2. The van der Waals surface area contributed by atoms with Gasteiger partial charge in [-0.05, 0) is 38.3 Å². The lowest BCUT2D eigenvalue weighted by atomic mass is 9.79. The Morgan fingerprint density at radius 2 is 1.52 bits per heavy atom. The molecule has 0 fully saturated rings. The quantitative estimate of drug-likeness (QED) is 0.497. The van der Waals surface area contributed by atoms with E-state index in [1.807, 2.05) is 0 Å². The third-order valence-corrected chi connectivity index (χ3v) is 7.16. The summed E-state index contributed by atoms with van der Waals surface area (Å²) in [5.74, 6) is 0.520. The highest BCUT2D eigenvalue weighted by molar-refractivity contribution is 6.03. The molecule has 1 aliphatic heterocycles. The van der Waals surface area contributed by atoms with E-state index >= 15 is 0 Å². The fraction of sp³-hybridized carbons (Fsp3) is 0.393. The fourth-order valence-electron chi connectivity index (χ4n) is 5.62. The molecule has 0 bridgehead atoms. The molecule has 0 aromatic heterocycles. The summed E-state index contributed by atoms with van der Waals surface area (Å²) < 4.78 is 2.47. The summed E-state index contributed by atoms with van der Waals surface area (Å²) in [5.41, 5.74) is 8.82. The maximum atomic E-state index is 2.47. The maximum absolute atomic E-state index is 2.47. The minimum atomic E-state index is 0.0277. The molecule has 1 nitrogen and oxygen atoms in total. The van der Waals surface area contributed by atoms with E-state index in [9.17, 15) is 0 Å². The summed E-state index contributed by atoms with van der Waals surface area (Å²) in [7, 11) is 0. The Hall–Kier alpha value is -2.41. The molecule has 2 aromatic carbocycles. The molecular weight excluding hydrogens is 350 g/mol. The summed E-state index contributed by atoms with van der Waals surface area (Å²) in [6.45, 7) is 15.0. The van der Waals surface area contributed by atoms with Crippen molar-refractivity contribution in [2.45, 2.75) is 64.7 Å². The molecule has 4 rings (SSSR count). The Morgan fingerprint density at radius 3 is 2.21 bits per heavy atom. The van der Waals surface area contributed by atoms with Gasteiger partial charge in [-0.2, -0.15) is 4.58 Å². The van der Waals surface area contributed by atoms with Gasteiger partial charge in [0.25, 0.3) is 0 Å². The lowest BCUT2D eigenvalue weighted by Crippen LogP contribution is -2.27. The van der Waals surface area contributed by atoms with Crippen LogP contribution in [0, 0.1) is 0 Å². The van der Waals surface area contributed by atoms with E-state index in [0.717, 1.165) is 13.0 Å². The van der Waals surface area contributed by atoms with E-state index in [1.54, 1.807) is 0 Å². The third kappa shape index (κ3) is 2.94. The van der Waals surface area contributed by atoms with Crippen LogP contribution in [0.2, 0.25) is 0 Å². The largest absolute Gasteiger partial charge is 0.209 e. The van der Waals surface area contributed by atoms with Gasteiger partial charge >= 0.3 is 0 Å². The Balaban J connectivity index is 1.74. The molecule has 0 saturated heterocycles. The van der Waals surface area contributed by atoms with E-state index in [1.165, 1.54) is 33.7 Å². The normalized spacial score (nSPS) is 23.1. The summed E-state index contributed by atoms with van der Waals surface area (Å²) in [6.07, 6.45) is 8.20. The monoisotopic (exact) mass is 384 g/mol. The number of allylic oxidation sites excluding steroid dienone is 4. The SMILES string of the molecule is CCC1C(=CC=CC2=[N+](CC)c3ccccc3C2(C)C)C(C)(C)c2ccccc21. The highest BCUT2D eigenvalue weighted by Crippen LogP contribution is 2.51. The van der Waals surface area contributed by atoms with Crippen LogP contribution in [0.4, 0.5) is 5.69 Å². The first-order chi connectivity index (χ1) is 13.8. The second-order valence-electron chi connectivity index (χ2n) is 9.43. The summed E-state index contributed by atoms with van der Waals surface area (Å²) >= 11 is 0. The summed E-state index contributed by atoms with van der Waals surface area (Å²) in [5, 5.41) is 0. The molecule has 150 valence electrons. The van der Waals surface area contributed by atoms with Crippen LogP contribution in [0.1, 0.15) is 70.6 Å². The van der Waals surface area contributed by atoms with Crippen LogP contribution in [0.25, 0.3) is 0 Å². The Kier molecular flexibility index (Phi) is 4.89. The molecule has 2 aliphatic rings. The zero-order chi connectivity index (χ0) is 20.8. The molecule has 1 heteroatoms. The molecule has 0 saturated carbocycles. The van der Waals surface area contributed by atoms with Crippen molar-refractivity contribution in [3.63, 3.8) is 0 Å². The van der Waals surface area contributed by atoms with E-state index in [0.29, 0.717) is 5.92 Å². The second kappa shape index (κ2) is 7.13. The summed E-state index contributed by atoms with van der Waals surface area (Å²) in [6, 6.07) is 17.8. The first-order valence-electron chi connectivity index (χ1n) is 11.1. The van der Waals surface area contributed by atoms with Gasteiger partial charge in [0, 0.05) is 29.0 Å². The van der Waals surface area contributed by atoms with Gasteiger partial charge in [-0.15, -0.1) is 0 Å². The first-order valence-corrected chi connectivity index (χ1v) is 11.1. The van der Waals surface area contributed by atoms with E-state index in [-0.39, 0.29) is 10.8 Å². The molecule has 1 atom stereocenters. The molecule has 1 aliphatic carbocycles. The highest BCUT2D eigenvalue weighted by Gasteiger charge is 2.43. The number of benzene rings is 2. The number of hydrogen-bond donors (Lipinski definition) is 0. The molecular formula is C28H34N+. The number of rotatable bonds is 4. The van der Waals surface area contributed by atoms with Crippen molar-refractivity contribution in [3.05, 3.63) is 89.0 Å². The van der Waals surface area contributed by atoms with Crippen molar-refractivity contribution in [1.82, 2.24) is 0 Å². The predicted molar refractivity (Wildman–Crippen MR) is 125 cm³/mol. The number of para-hydroxylation sites is 1. The molecule has 0 radical (unpaired) electrons. The van der Waals surface area contributed by atoms with Crippen LogP contribution in [0.15, 0.2) is 72.3 Å². The van der Waals surface area contributed by atoms with Gasteiger partial charge in [-0.25, -0.2) is 0 Å².